The molecular formula is C17H14O2. The SMILES string of the molecule is C#CC(C)(C)c1c(O)ccc2oc3ccccc3c12. The van der Waals surface area contributed by atoms with Crippen molar-refractivity contribution in [2.24, 2.45) is 0 Å². The van der Waals surface area contributed by atoms with Gasteiger partial charge in [0.15, 0.2) is 0 Å². The highest BCUT2D eigenvalue weighted by Gasteiger charge is 2.26. The fraction of sp³-hybridized carbons (Fsp3) is 0.176. The van der Waals surface area contributed by atoms with Crippen LogP contribution in [0.3, 0.4) is 0 Å². The largest absolute Gasteiger partial charge is 0.508 e. The highest BCUT2D eigenvalue weighted by atomic mass is 16.3. The van der Waals surface area contributed by atoms with Gasteiger partial charge in [0.25, 0.3) is 0 Å². The number of terminal acetylenes is 1. The van der Waals surface area contributed by atoms with Crippen LogP contribution < -0.4 is 0 Å². The monoisotopic (exact) mass is 250 g/mol. The molecule has 0 radical (unpaired) electrons. The molecule has 0 unspecified atom stereocenters. The van der Waals surface area contributed by atoms with Crippen molar-refractivity contribution in [1.82, 2.24) is 0 Å². The Balaban J connectivity index is 2.56. The molecule has 3 rings (SSSR count). The first-order valence-corrected chi connectivity index (χ1v) is 6.16. The first-order valence-electron chi connectivity index (χ1n) is 6.16. The van der Waals surface area contributed by atoms with Gasteiger partial charge in [-0.05, 0) is 32.0 Å². The van der Waals surface area contributed by atoms with Crippen molar-refractivity contribution >= 4 is 21.9 Å². The van der Waals surface area contributed by atoms with Gasteiger partial charge in [0, 0.05) is 16.3 Å². The third-order valence-corrected chi connectivity index (χ3v) is 3.51. The van der Waals surface area contributed by atoms with Crippen LogP contribution in [0, 0.1) is 12.3 Å². The lowest BCUT2D eigenvalue weighted by atomic mass is 9.82. The summed E-state index contributed by atoms with van der Waals surface area (Å²) >= 11 is 0. The lowest BCUT2D eigenvalue weighted by Gasteiger charge is -2.20. The Labute approximate surface area is 111 Å². The van der Waals surface area contributed by atoms with Crippen LogP contribution in [-0.4, -0.2) is 5.11 Å². The van der Waals surface area contributed by atoms with Crippen molar-refractivity contribution < 1.29 is 9.52 Å². The predicted molar refractivity (Wildman–Crippen MR) is 77.2 cm³/mol. The van der Waals surface area contributed by atoms with Crippen molar-refractivity contribution in [3.8, 4) is 18.1 Å². The summed E-state index contributed by atoms with van der Waals surface area (Å²) in [6.07, 6.45) is 5.62. The van der Waals surface area contributed by atoms with E-state index in [-0.39, 0.29) is 5.75 Å². The first kappa shape index (κ1) is 11.7. The number of furan rings is 1. The number of hydrogen-bond acceptors (Lipinski definition) is 2. The van der Waals surface area contributed by atoms with E-state index in [0.717, 1.165) is 27.5 Å². The molecule has 0 aliphatic heterocycles. The summed E-state index contributed by atoms with van der Waals surface area (Å²) in [5, 5.41) is 12.1. The standard InChI is InChI=1S/C17H14O2/c1-4-17(2,3)16-12(18)9-10-14-15(16)11-7-5-6-8-13(11)19-14/h1,5-10,18H,2-3H3. The lowest BCUT2D eigenvalue weighted by Crippen LogP contribution is -2.14. The fourth-order valence-electron chi connectivity index (χ4n) is 2.51. The molecule has 0 saturated carbocycles. The van der Waals surface area contributed by atoms with Crippen LogP contribution >= 0.6 is 0 Å². The quantitative estimate of drug-likeness (QED) is 0.656. The van der Waals surface area contributed by atoms with Crippen LogP contribution in [0.5, 0.6) is 5.75 Å². The molecule has 1 heterocycles. The van der Waals surface area contributed by atoms with Gasteiger partial charge in [-0.3, -0.25) is 0 Å². The lowest BCUT2D eigenvalue weighted by molar-refractivity contribution is 0.459. The maximum absolute atomic E-state index is 10.2. The van der Waals surface area contributed by atoms with Gasteiger partial charge >= 0.3 is 0 Å². The first-order chi connectivity index (χ1) is 9.04. The van der Waals surface area contributed by atoms with E-state index in [1.165, 1.54) is 0 Å². The zero-order chi connectivity index (χ0) is 13.6. The minimum absolute atomic E-state index is 0.210. The van der Waals surface area contributed by atoms with Crippen LogP contribution in [0.15, 0.2) is 40.8 Å². The van der Waals surface area contributed by atoms with E-state index in [4.69, 9.17) is 10.8 Å². The number of aromatic hydroxyl groups is 1. The van der Waals surface area contributed by atoms with Gasteiger partial charge in [-0.1, -0.05) is 24.1 Å². The molecule has 0 fully saturated rings. The summed E-state index contributed by atoms with van der Waals surface area (Å²) in [4.78, 5) is 0. The van der Waals surface area contributed by atoms with Crippen molar-refractivity contribution in [2.75, 3.05) is 0 Å². The van der Waals surface area contributed by atoms with E-state index < -0.39 is 5.41 Å². The molecule has 0 aliphatic rings. The zero-order valence-corrected chi connectivity index (χ0v) is 10.9. The average Bonchev–Trinajstić information content (AvgIpc) is 2.77. The van der Waals surface area contributed by atoms with Gasteiger partial charge in [-0.15, -0.1) is 6.42 Å². The Morgan fingerprint density at radius 3 is 2.58 bits per heavy atom. The molecule has 1 aromatic heterocycles. The van der Waals surface area contributed by atoms with Crippen LogP contribution in [0.25, 0.3) is 21.9 Å². The van der Waals surface area contributed by atoms with E-state index in [9.17, 15) is 5.11 Å². The Hall–Kier alpha value is -2.40. The summed E-state index contributed by atoms with van der Waals surface area (Å²) in [5.74, 6) is 2.95. The van der Waals surface area contributed by atoms with Gasteiger partial charge in [0.1, 0.15) is 16.9 Å². The minimum atomic E-state index is -0.559. The second-order valence-corrected chi connectivity index (χ2v) is 5.20. The van der Waals surface area contributed by atoms with E-state index in [1.807, 2.05) is 38.1 Å². The second-order valence-electron chi connectivity index (χ2n) is 5.20. The highest BCUT2D eigenvalue weighted by Crippen LogP contribution is 2.41. The number of para-hydroxylation sites is 1. The number of rotatable bonds is 1. The number of phenols is 1. The van der Waals surface area contributed by atoms with Crippen molar-refractivity contribution in [2.45, 2.75) is 19.3 Å². The molecule has 2 aromatic carbocycles. The molecule has 0 bridgehead atoms. The average molecular weight is 250 g/mol. The van der Waals surface area contributed by atoms with Crippen molar-refractivity contribution in [3.05, 3.63) is 42.0 Å². The van der Waals surface area contributed by atoms with E-state index in [0.29, 0.717) is 0 Å². The molecule has 0 atom stereocenters. The molecule has 19 heavy (non-hydrogen) atoms. The molecule has 1 N–H and O–H groups in total. The van der Waals surface area contributed by atoms with Crippen LogP contribution in [0.1, 0.15) is 19.4 Å². The molecular weight excluding hydrogens is 236 g/mol. The van der Waals surface area contributed by atoms with Crippen LogP contribution in [-0.2, 0) is 5.41 Å². The molecule has 0 saturated heterocycles. The van der Waals surface area contributed by atoms with Crippen molar-refractivity contribution in [3.63, 3.8) is 0 Å². The zero-order valence-electron chi connectivity index (χ0n) is 10.9. The van der Waals surface area contributed by atoms with Crippen molar-refractivity contribution in [1.29, 1.82) is 0 Å². The van der Waals surface area contributed by atoms with Crippen LogP contribution in [0.2, 0.25) is 0 Å². The topological polar surface area (TPSA) is 33.4 Å². The molecule has 2 nitrogen and oxygen atoms in total. The normalized spacial score (nSPS) is 11.8. The van der Waals surface area contributed by atoms with Gasteiger partial charge in [0.2, 0.25) is 0 Å². The summed E-state index contributed by atoms with van der Waals surface area (Å²) in [6.45, 7) is 3.84. The summed E-state index contributed by atoms with van der Waals surface area (Å²) < 4.78 is 5.81. The summed E-state index contributed by atoms with van der Waals surface area (Å²) in [7, 11) is 0. The molecule has 0 amide bonds. The smallest absolute Gasteiger partial charge is 0.136 e. The number of phenolic OH excluding ortho intramolecular Hbond substituents is 1. The molecule has 94 valence electrons. The van der Waals surface area contributed by atoms with E-state index in [1.54, 1.807) is 12.1 Å². The summed E-state index contributed by atoms with van der Waals surface area (Å²) in [6, 6.07) is 11.2. The van der Waals surface area contributed by atoms with Gasteiger partial charge < -0.3 is 9.52 Å². The molecule has 0 spiro atoms. The highest BCUT2D eigenvalue weighted by molar-refractivity contribution is 6.08. The second kappa shape index (κ2) is 3.80. The maximum atomic E-state index is 10.2. The third kappa shape index (κ3) is 1.59. The third-order valence-electron chi connectivity index (χ3n) is 3.51. The Bertz CT molecular complexity index is 816. The Morgan fingerprint density at radius 2 is 1.84 bits per heavy atom. The molecule has 2 heteroatoms. The molecule has 3 aromatic rings. The Kier molecular flexibility index (Phi) is 2.33. The fourth-order valence-corrected chi connectivity index (χ4v) is 2.51. The van der Waals surface area contributed by atoms with E-state index >= 15 is 0 Å². The van der Waals surface area contributed by atoms with Crippen LogP contribution in [0.4, 0.5) is 0 Å². The number of hydrogen-bond donors (Lipinski definition) is 1. The predicted octanol–water partition coefficient (Wildman–Crippen LogP) is 4.20. The van der Waals surface area contributed by atoms with Gasteiger partial charge in [-0.2, -0.15) is 0 Å². The Morgan fingerprint density at radius 1 is 1.11 bits per heavy atom. The van der Waals surface area contributed by atoms with Gasteiger partial charge in [-0.25, -0.2) is 0 Å². The maximum Gasteiger partial charge on any atom is 0.136 e. The number of fused-ring (bicyclic) bond motifs is 3. The van der Waals surface area contributed by atoms with Gasteiger partial charge in [0.05, 0.1) is 5.41 Å². The number of benzene rings is 2. The van der Waals surface area contributed by atoms with E-state index in [2.05, 4.69) is 5.92 Å². The summed E-state index contributed by atoms with van der Waals surface area (Å²) in [5.41, 5.74) is 1.74. The minimum Gasteiger partial charge on any atom is -0.508 e. The molecule has 0 aliphatic carbocycles.